The number of H-pyrrole nitrogens is 1. The minimum Gasteiger partial charge on any atom is -0.481 e. The van der Waals surface area contributed by atoms with Crippen LogP contribution >= 0.6 is 0 Å². The highest BCUT2D eigenvalue weighted by Gasteiger charge is 2.35. The Labute approximate surface area is 121 Å². The number of aromatic nitrogens is 1. The van der Waals surface area contributed by atoms with E-state index in [-0.39, 0.29) is 23.1 Å². The summed E-state index contributed by atoms with van der Waals surface area (Å²) in [5.74, 6) is -1.61. The first-order valence-corrected chi connectivity index (χ1v) is 7.33. The molecule has 0 spiro atoms. The minimum atomic E-state index is -0.827. The summed E-state index contributed by atoms with van der Waals surface area (Å²) in [7, 11) is 0. The van der Waals surface area contributed by atoms with Crippen molar-refractivity contribution in [2.45, 2.75) is 44.6 Å². The fraction of sp³-hybridized carbons (Fsp3) is 0.533. The predicted molar refractivity (Wildman–Crippen MR) is 75.3 cm³/mol. The number of carbonyl (C=O) groups excluding carboxylic acids is 1. The summed E-state index contributed by atoms with van der Waals surface area (Å²) in [4.78, 5) is 37.7. The quantitative estimate of drug-likeness (QED) is 0.768. The van der Waals surface area contributed by atoms with Crippen LogP contribution < -0.4 is 10.9 Å². The molecule has 1 amide bonds. The van der Waals surface area contributed by atoms with Gasteiger partial charge in [-0.15, -0.1) is 0 Å². The lowest BCUT2D eigenvalue weighted by Gasteiger charge is -2.32. The van der Waals surface area contributed by atoms with Crippen molar-refractivity contribution in [2.75, 3.05) is 0 Å². The third kappa shape index (κ3) is 2.70. The molecule has 2 aliphatic carbocycles. The average Bonchev–Trinajstić information content (AvgIpc) is 2.40. The van der Waals surface area contributed by atoms with Gasteiger partial charge in [0.15, 0.2) is 0 Å². The first-order chi connectivity index (χ1) is 10.0. The fourth-order valence-electron chi connectivity index (χ4n) is 3.04. The number of pyridine rings is 1. The van der Waals surface area contributed by atoms with Gasteiger partial charge in [-0.05, 0) is 50.2 Å². The van der Waals surface area contributed by atoms with Gasteiger partial charge in [0.1, 0.15) is 5.56 Å². The van der Waals surface area contributed by atoms with E-state index in [1.54, 1.807) is 6.07 Å². The molecule has 0 bridgehead atoms. The van der Waals surface area contributed by atoms with Gasteiger partial charge in [0.25, 0.3) is 11.5 Å². The second-order valence-electron chi connectivity index (χ2n) is 5.90. The van der Waals surface area contributed by atoms with Crippen molar-refractivity contribution in [3.05, 3.63) is 33.2 Å². The standard InChI is InChI=1S/C15H18N2O4/c18-13(16-10-5-9(6-10)15(20)21)11-7-8-3-1-2-4-12(8)17-14(11)19/h7,9-10H,1-6H2,(H,16,18)(H,17,19)(H,20,21). The molecule has 0 aliphatic heterocycles. The number of amides is 1. The molecular formula is C15H18N2O4. The van der Waals surface area contributed by atoms with E-state index in [0.717, 1.165) is 36.9 Å². The molecule has 21 heavy (non-hydrogen) atoms. The van der Waals surface area contributed by atoms with E-state index in [9.17, 15) is 14.4 Å². The van der Waals surface area contributed by atoms with Crippen LogP contribution in [0.1, 0.15) is 47.3 Å². The zero-order chi connectivity index (χ0) is 15.0. The van der Waals surface area contributed by atoms with Crippen molar-refractivity contribution in [1.29, 1.82) is 0 Å². The smallest absolute Gasteiger partial charge is 0.306 e. The van der Waals surface area contributed by atoms with Crippen LogP contribution in [0.5, 0.6) is 0 Å². The maximum atomic E-state index is 12.2. The number of hydrogen-bond acceptors (Lipinski definition) is 3. The second kappa shape index (κ2) is 5.35. The maximum Gasteiger partial charge on any atom is 0.306 e. The van der Waals surface area contributed by atoms with Gasteiger partial charge in [0.05, 0.1) is 5.92 Å². The Morgan fingerprint density at radius 1 is 1.24 bits per heavy atom. The first kappa shape index (κ1) is 13.9. The molecule has 1 saturated carbocycles. The van der Waals surface area contributed by atoms with Crippen molar-refractivity contribution >= 4 is 11.9 Å². The number of rotatable bonds is 3. The van der Waals surface area contributed by atoms with Crippen molar-refractivity contribution < 1.29 is 14.7 Å². The van der Waals surface area contributed by atoms with Crippen molar-refractivity contribution in [3.8, 4) is 0 Å². The number of carboxylic acids is 1. The number of hydrogen-bond donors (Lipinski definition) is 3. The van der Waals surface area contributed by atoms with Crippen LogP contribution in [-0.4, -0.2) is 28.0 Å². The molecule has 1 aromatic heterocycles. The molecule has 1 aromatic rings. The summed E-state index contributed by atoms with van der Waals surface area (Å²) in [6, 6.07) is 1.55. The van der Waals surface area contributed by atoms with E-state index < -0.39 is 11.9 Å². The molecule has 0 atom stereocenters. The number of aliphatic carboxylic acids is 1. The number of aryl methyl sites for hydroxylation is 2. The van der Waals surface area contributed by atoms with E-state index in [2.05, 4.69) is 10.3 Å². The summed E-state index contributed by atoms with van der Waals surface area (Å²) >= 11 is 0. The molecule has 2 aliphatic rings. The molecule has 0 unspecified atom stereocenters. The fourth-order valence-corrected chi connectivity index (χ4v) is 3.04. The third-order valence-electron chi connectivity index (χ3n) is 4.41. The topological polar surface area (TPSA) is 99.3 Å². The Bertz CT molecular complexity index is 644. The Kier molecular flexibility index (Phi) is 3.53. The number of carboxylic acid groups (broad SMARTS) is 1. The highest BCUT2D eigenvalue weighted by molar-refractivity contribution is 5.94. The van der Waals surface area contributed by atoms with Gasteiger partial charge in [-0.25, -0.2) is 0 Å². The van der Waals surface area contributed by atoms with Crippen molar-refractivity contribution in [1.82, 2.24) is 10.3 Å². The highest BCUT2D eigenvalue weighted by atomic mass is 16.4. The average molecular weight is 290 g/mol. The van der Waals surface area contributed by atoms with Crippen LogP contribution in [0, 0.1) is 5.92 Å². The largest absolute Gasteiger partial charge is 0.481 e. The molecule has 6 nitrogen and oxygen atoms in total. The first-order valence-electron chi connectivity index (χ1n) is 7.33. The SMILES string of the molecule is O=C(NC1CC(C(=O)O)C1)c1cc2c([nH]c1=O)CCCC2. The Balaban J connectivity index is 1.71. The highest BCUT2D eigenvalue weighted by Crippen LogP contribution is 2.27. The molecule has 1 heterocycles. The van der Waals surface area contributed by atoms with E-state index >= 15 is 0 Å². The Hall–Kier alpha value is -2.11. The lowest BCUT2D eigenvalue weighted by Crippen LogP contribution is -2.47. The van der Waals surface area contributed by atoms with Gasteiger partial charge < -0.3 is 15.4 Å². The van der Waals surface area contributed by atoms with Gasteiger partial charge >= 0.3 is 5.97 Å². The zero-order valence-corrected chi connectivity index (χ0v) is 11.6. The second-order valence-corrected chi connectivity index (χ2v) is 5.90. The van der Waals surface area contributed by atoms with Crippen LogP contribution in [0.3, 0.4) is 0 Å². The Morgan fingerprint density at radius 3 is 2.67 bits per heavy atom. The number of nitrogens with one attached hydrogen (secondary N) is 2. The lowest BCUT2D eigenvalue weighted by atomic mass is 9.80. The van der Waals surface area contributed by atoms with Crippen molar-refractivity contribution in [2.24, 2.45) is 5.92 Å². The predicted octanol–water partition coefficient (Wildman–Crippen LogP) is 0.847. The summed E-state index contributed by atoms with van der Waals surface area (Å²) in [5.41, 5.74) is 1.76. The molecule has 1 fully saturated rings. The van der Waals surface area contributed by atoms with Crippen LogP contribution in [0.15, 0.2) is 10.9 Å². The molecule has 0 radical (unpaired) electrons. The van der Waals surface area contributed by atoms with Gasteiger partial charge in [-0.1, -0.05) is 0 Å². The Morgan fingerprint density at radius 2 is 1.95 bits per heavy atom. The molecule has 3 rings (SSSR count). The van der Waals surface area contributed by atoms with E-state index in [0.29, 0.717) is 12.8 Å². The van der Waals surface area contributed by atoms with Gasteiger partial charge in [-0.2, -0.15) is 0 Å². The summed E-state index contributed by atoms with van der Waals surface area (Å²) < 4.78 is 0. The normalized spacial score (nSPS) is 23.8. The summed E-state index contributed by atoms with van der Waals surface area (Å²) in [5, 5.41) is 11.6. The van der Waals surface area contributed by atoms with Crippen molar-refractivity contribution in [3.63, 3.8) is 0 Å². The third-order valence-corrected chi connectivity index (χ3v) is 4.41. The van der Waals surface area contributed by atoms with E-state index in [1.807, 2.05) is 0 Å². The number of aromatic amines is 1. The van der Waals surface area contributed by atoms with Crippen LogP contribution in [0.2, 0.25) is 0 Å². The molecule has 6 heteroatoms. The molecule has 3 N–H and O–H groups in total. The van der Waals surface area contributed by atoms with E-state index in [1.165, 1.54) is 0 Å². The van der Waals surface area contributed by atoms with Gasteiger partial charge in [0.2, 0.25) is 0 Å². The lowest BCUT2D eigenvalue weighted by molar-refractivity contribution is -0.145. The van der Waals surface area contributed by atoms with Gasteiger partial charge in [-0.3, -0.25) is 14.4 Å². The molecule has 0 saturated heterocycles. The summed E-state index contributed by atoms with van der Waals surface area (Å²) in [6.07, 6.45) is 4.75. The number of carbonyl (C=O) groups is 2. The van der Waals surface area contributed by atoms with E-state index in [4.69, 9.17) is 5.11 Å². The number of fused-ring (bicyclic) bond motifs is 1. The maximum absolute atomic E-state index is 12.2. The monoisotopic (exact) mass is 290 g/mol. The summed E-state index contributed by atoms with van der Waals surface area (Å²) in [6.45, 7) is 0. The molecule has 0 aromatic carbocycles. The molecular weight excluding hydrogens is 272 g/mol. The molecule has 112 valence electrons. The van der Waals surface area contributed by atoms with Gasteiger partial charge in [0, 0.05) is 11.7 Å². The zero-order valence-electron chi connectivity index (χ0n) is 11.6. The van der Waals surface area contributed by atoms with Crippen LogP contribution in [-0.2, 0) is 17.6 Å². The van der Waals surface area contributed by atoms with Crippen LogP contribution in [0.4, 0.5) is 0 Å². The minimum absolute atomic E-state index is 0.134. The van der Waals surface area contributed by atoms with Crippen LogP contribution in [0.25, 0.3) is 0 Å².